The lowest BCUT2D eigenvalue weighted by atomic mass is 10.2. The molecule has 1 heteroatoms. The lowest BCUT2D eigenvalue weighted by Crippen LogP contribution is -1.92. The molecule has 0 aliphatic carbocycles. The minimum absolute atomic E-state index is 0.967. The summed E-state index contributed by atoms with van der Waals surface area (Å²) in [7, 11) is 0. The van der Waals surface area contributed by atoms with E-state index in [0.29, 0.717) is 0 Å². The number of allylic oxidation sites excluding steroid dienone is 2. The fraction of sp³-hybridized carbons (Fsp3) is 0.286. The Balaban J connectivity index is 2.41. The Morgan fingerprint density at radius 3 is 2.80 bits per heavy atom. The predicted molar refractivity (Wildman–Crippen MR) is 66.1 cm³/mol. The second kappa shape index (κ2) is 3.93. The van der Waals surface area contributed by atoms with Crippen LogP contribution in [0.3, 0.4) is 0 Å². The molecule has 0 radical (unpaired) electrons. The highest BCUT2D eigenvalue weighted by Crippen LogP contribution is 2.17. The molecule has 1 heterocycles. The summed E-state index contributed by atoms with van der Waals surface area (Å²) in [6, 6.07) is 8.78. The van der Waals surface area contributed by atoms with E-state index in [-0.39, 0.29) is 0 Å². The van der Waals surface area contributed by atoms with Crippen LogP contribution in [0.1, 0.15) is 19.4 Å². The van der Waals surface area contributed by atoms with E-state index in [9.17, 15) is 0 Å². The largest absolute Gasteiger partial charge is 0.344 e. The molecule has 0 atom stereocenters. The number of nitrogens with zero attached hydrogens (tertiary/aromatic N) is 1. The SMILES string of the molecule is CC(C)=CCn1ccc2cc(C)ccc21. The van der Waals surface area contributed by atoms with Gasteiger partial charge in [-0.05, 0) is 44.4 Å². The van der Waals surface area contributed by atoms with Crippen LogP contribution in [0.15, 0.2) is 42.1 Å². The van der Waals surface area contributed by atoms with E-state index >= 15 is 0 Å². The van der Waals surface area contributed by atoms with Crippen molar-refractivity contribution in [2.24, 2.45) is 0 Å². The zero-order valence-corrected chi connectivity index (χ0v) is 9.62. The fourth-order valence-corrected chi connectivity index (χ4v) is 1.76. The van der Waals surface area contributed by atoms with Crippen LogP contribution in [0.25, 0.3) is 10.9 Å². The van der Waals surface area contributed by atoms with Gasteiger partial charge in [0.15, 0.2) is 0 Å². The molecule has 0 spiro atoms. The Labute approximate surface area is 91.0 Å². The lowest BCUT2D eigenvalue weighted by molar-refractivity contribution is 0.856. The minimum Gasteiger partial charge on any atom is -0.344 e. The van der Waals surface area contributed by atoms with Gasteiger partial charge in [-0.25, -0.2) is 0 Å². The van der Waals surface area contributed by atoms with Gasteiger partial charge in [0.2, 0.25) is 0 Å². The number of aryl methyl sites for hydroxylation is 1. The Bertz CT molecular complexity index is 499. The van der Waals surface area contributed by atoms with E-state index in [4.69, 9.17) is 0 Å². The molecular formula is C14H17N. The molecule has 0 aliphatic heterocycles. The number of hydrogen-bond acceptors (Lipinski definition) is 0. The Morgan fingerprint density at radius 2 is 2.07 bits per heavy atom. The molecular weight excluding hydrogens is 182 g/mol. The third-order valence-corrected chi connectivity index (χ3v) is 2.62. The number of fused-ring (bicyclic) bond motifs is 1. The van der Waals surface area contributed by atoms with Crippen LogP contribution in [-0.4, -0.2) is 4.57 Å². The highest BCUT2D eigenvalue weighted by Gasteiger charge is 1.98. The number of aromatic nitrogens is 1. The molecule has 15 heavy (non-hydrogen) atoms. The molecule has 0 aliphatic rings. The maximum Gasteiger partial charge on any atom is 0.0483 e. The van der Waals surface area contributed by atoms with Crippen LogP contribution in [-0.2, 0) is 6.54 Å². The van der Waals surface area contributed by atoms with E-state index in [2.05, 4.69) is 61.9 Å². The molecule has 0 saturated carbocycles. The van der Waals surface area contributed by atoms with Crippen molar-refractivity contribution in [2.45, 2.75) is 27.3 Å². The second-order valence-electron chi connectivity index (χ2n) is 4.31. The van der Waals surface area contributed by atoms with Crippen LogP contribution < -0.4 is 0 Å². The maximum absolute atomic E-state index is 2.28. The van der Waals surface area contributed by atoms with Gasteiger partial charge in [-0.1, -0.05) is 23.3 Å². The zero-order valence-electron chi connectivity index (χ0n) is 9.62. The molecule has 2 aromatic rings. The summed E-state index contributed by atoms with van der Waals surface area (Å²) < 4.78 is 2.28. The van der Waals surface area contributed by atoms with Gasteiger partial charge in [0.05, 0.1) is 0 Å². The average Bonchev–Trinajstić information content (AvgIpc) is 2.57. The van der Waals surface area contributed by atoms with Crippen molar-refractivity contribution < 1.29 is 0 Å². The maximum atomic E-state index is 2.28. The number of hydrogen-bond donors (Lipinski definition) is 0. The van der Waals surface area contributed by atoms with Crippen molar-refractivity contribution in [3.05, 3.63) is 47.7 Å². The summed E-state index contributed by atoms with van der Waals surface area (Å²) in [5.41, 5.74) is 4.00. The van der Waals surface area contributed by atoms with E-state index in [1.54, 1.807) is 0 Å². The summed E-state index contributed by atoms with van der Waals surface area (Å²) in [5.74, 6) is 0. The van der Waals surface area contributed by atoms with E-state index < -0.39 is 0 Å². The van der Waals surface area contributed by atoms with Gasteiger partial charge in [0.25, 0.3) is 0 Å². The third kappa shape index (κ3) is 2.12. The highest BCUT2D eigenvalue weighted by atomic mass is 14.9. The van der Waals surface area contributed by atoms with Gasteiger partial charge >= 0.3 is 0 Å². The van der Waals surface area contributed by atoms with E-state index in [0.717, 1.165) is 6.54 Å². The van der Waals surface area contributed by atoms with Gasteiger partial charge in [0.1, 0.15) is 0 Å². The number of benzene rings is 1. The Morgan fingerprint density at radius 1 is 1.27 bits per heavy atom. The van der Waals surface area contributed by atoms with Crippen molar-refractivity contribution in [3.63, 3.8) is 0 Å². The summed E-state index contributed by atoms with van der Waals surface area (Å²) in [5, 5.41) is 1.33. The summed E-state index contributed by atoms with van der Waals surface area (Å²) in [4.78, 5) is 0. The quantitative estimate of drug-likeness (QED) is 0.646. The van der Waals surface area contributed by atoms with Crippen molar-refractivity contribution >= 4 is 10.9 Å². The Hall–Kier alpha value is -1.50. The molecule has 0 amide bonds. The van der Waals surface area contributed by atoms with Crippen molar-refractivity contribution in [1.82, 2.24) is 4.57 Å². The number of rotatable bonds is 2. The first kappa shape index (κ1) is 10.0. The molecule has 0 unspecified atom stereocenters. The molecule has 1 aromatic carbocycles. The standard InChI is InChI=1S/C14H17N/c1-11(2)6-8-15-9-7-13-10-12(3)4-5-14(13)15/h4-7,9-10H,8H2,1-3H3. The van der Waals surface area contributed by atoms with Crippen LogP contribution in [0.5, 0.6) is 0 Å². The molecule has 1 aromatic heterocycles. The van der Waals surface area contributed by atoms with Crippen LogP contribution in [0.4, 0.5) is 0 Å². The van der Waals surface area contributed by atoms with Crippen LogP contribution in [0.2, 0.25) is 0 Å². The van der Waals surface area contributed by atoms with Crippen molar-refractivity contribution in [1.29, 1.82) is 0 Å². The molecule has 0 saturated heterocycles. The van der Waals surface area contributed by atoms with E-state index in [1.807, 2.05) is 0 Å². The van der Waals surface area contributed by atoms with Gasteiger partial charge in [-0.3, -0.25) is 0 Å². The summed E-state index contributed by atoms with van der Waals surface area (Å²) in [6.07, 6.45) is 4.41. The van der Waals surface area contributed by atoms with Crippen LogP contribution in [0, 0.1) is 6.92 Å². The first-order valence-electron chi connectivity index (χ1n) is 5.35. The molecule has 0 N–H and O–H groups in total. The summed E-state index contributed by atoms with van der Waals surface area (Å²) in [6.45, 7) is 7.37. The predicted octanol–water partition coefficient (Wildman–Crippen LogP) is 3.92. The third-order valence-electron chi connectivity index (χ3n) is 2.62. The molecule has 0 fully saturated rings. The first-order chi connectivity index (χ1) is 7.16. The van der Waals surface area contributed by atoms with Crippen molar-refractivity contribution in [3.8, 4) is 0 Å². The smallest absolute Gasteiger partial charge is 0.0483 e. The average molecular weight is 199 g/mol. The van der Waals surface area contributed by atoms with Crippen molar-refractivity contribution in [2.75, 3.05) is 0 Å². The van der Waals surface area contributed by atoms with Crippen LogP contribution >= 0.6 is 0 Å². The molecule has 78 valence electrons. The van der Waals surface area contributed by atoms with Gasteiger partial charge < -0.3 is 4.57 Å². The minimum atomic E-state index is 0.967. The molecule has 2 rings (SSSR count). The zero-order chi connectivity index (χ0) is 10.8. The second-order valence-corrected chi connectivity index (χ2v) is 4.31. The normalized spacial score (nSPS) is 10.6. The fourth-order valence-electron chi connectivity index (χ4n) is 1.76. The lowest BCUT2D eigenvalue weighted by Gasteiger charge is -2.02. The monoisotopic (exact) mass is 199 g/mol. The first-order valence-corrected chi connectivity index (χ1v) is 5.35. The van der Waals surface area contributed by atoms with Gasteiger partial charge in [-0.15, -0.1) is 0 Å². The van der Waals surface area contributed by atoms with Gasteiger partial charge in [0, 0.05) is 18.3 Å². The topological polar surface area (TPSA) is 4.93 Å². The Kier molecular flexibility index (Phi) is 2.63. The molecule has 0 bridgehead atoms. The van der Waals surface area contributed by atoms with Gasteiger partial charge in [-0.2, -0.15) is 0 Å². The summed E-state index contributed by atoms with van der Waals surface area (Å²) >= 11 is 0. The highest BCUT2D eigenvalue weighted by molar-refractivity contribution is 5.80. The van der Waals surface area contributed by atoms with E-state index in [1.165, 1.54) is 22.0 Å². The molecule has 1 nitrogen and oxygen atoms in total.